The van der Waals surface area contributed by atoms with Gasteiger partial charge in [0.1, 0.15) is 12.4 Å². The lowest BCUT2D eigenvalue weighted by molar-refractivity contribution is -0.136. The van der Waals surface area contributed by atoms with E-state index >= 15 is 0 Å². The van der Waals surface area contributed by atoms with E-state index in [0.29, 0.717) is 47.1 Å². The number of rotatable bonds is 6. The fourth-order valence-corrected chi connectivity index (χ4v) is 5.41. The summed E-state index contributed by atoms with van der Waals surface area (Å²) in [5.41, 5.74) is 5.41. The van der Waals surface area contributed by atoms with Gasteiger partial charge in [-0.05, 0) is 48.6 Å². The smallest absolute Gasteiger partial charge is 0.336 e. The van der Waals surface area contributed by atoms with Gasteiger partial charge in [0, 0.05) is 34.0 Å². The van der Waals surface area contributed by atoms with Crippen molar-refractivity contribution in [1.29, 1.82) is 0 Å². The number of ketones is 1. The highest BCUT2D eigenvalue weighted by molar-refractivity contribution is 6.30. The Morgan fingerprint density at radius 2 is 1.68 bits per heavy atom. The molecule has 1 aliphatic carbocycles. The topological polar surface area (TPSA) is 64.6 Å². The molecule has 0 unspecified atom stereocenters. The molecule has 1 N–H and O–H groups in total. The molecule has 0 bridgehead atoms. The van der Waals surface area contributed by atoms with E-state index < -0.39 is 11.9 Å². The molecule has 5 nitrogen and oxygen atoms in total. The quantitative estimate of drug-likeness (QED) is 0.383. The van der Waals surface area contributed by atoms with E-state index in [2.05, 4.69) is 5.32 Å². The van der Waals surface area contributed by atoms with Crippen LogP contribution in [0.4, 0.5) is 0 Å². The fourth-order valence-electron chi connectivity index (χ4n) is 5.29. The Labute approximate surface area is 221 Å². The Kier molecular flexibility index (Phi) is 7.15. The van der Waals surface area contributed by atoms with Crippen LogP contribution < -0.4 is 10.1 Å². The highest BCUT2D eigenvalue weighted by Crippen LogP contribution is 2.47. The zero-order valence-corrected chi connectivity index (χ0v) is 21.5. The number of halogens is 1. The molecule has 3 aromatic carbocycles. The van der Waals surface area contributed by atoms with Crippen molar-refractivity contribution >= 4 is 23.4 Å². The highest BCUT2D eigenvalue weighted by Gasteiger charge is 2.42. The van der Waals surface area contributed by atoms with Crippen LogP contribution in [0, 0.1) is 0 Å². The van der Waals surface area contributed by atoms with Crippen molar-refractivity contribution in [1.82, 2.24) is 5.32 Å². The van der Waals surface area contributed by atoms with Crippen molar-refractivity contribution < 1.29 is 19.1 Å². The molecule has 2 aliphatic rings. The van der Waals surface area contributed by atoms with Crippen LogP contribution in [0.15, 0.2) is 101 Å². The monoisotopic (exact) mass is 513 g/mol. The standard InChI is InChI=1S/C31H28ClNO4/c1-19-28(31(35)36-2)29(24-10-6-7-11-27(24)37-18-20-8-4-3-5-9-20)30-25(33-19)16-22(17-26(30)34)21-12-14-23(32)15-13-21/h3-15,22,29,33H,16-18H2,1-2H3/t22-,29+/m1/s1. The number of hydrogen-bond donors (Lipinski definition) is 1. The molecule has 6 heteroatoms. The molecule has 2 atom stereocenters. The molecule has 1 aliphatic heterocycles. The predicted octanol–water partition coefficient (Wildman–Crippen LogP) is 6.45. The summed E-state index contributed by atoms with van der Waals surface area (Å²) in [5, 5.41) is 4.04. The van der Waals surface area contributed by atoms with E-state index in [1.54, 1.807) is 0 Å². The minimum absolute atomic E-state index is 0.00506. The lowest BCUT2D eigenvalue weighted by Crippen LogP contribution is -2.36. The van der Waals surface area contributed by atoms with Crippen LogP contribution in [-0.2, 0) is 20.9 Å². The van der Waals surface area contributed by atoms with Crippen LogP contribution in [0.2, 0.25) is 5.02 Å². The van der Waals surface area contributed by atoms with Crippen LogP contribution in [0.25, 0.3) is 0 Å². The molecular weight excluding hydrogens is 486 g/mol. The first kappa shape index (κ1) is 24.8. The summed E-state index contributed by atoms with van der Waals surface area (Å²) in [6.45, 7) is 2.23. The lowest BCUT2D eigenvalue weighted by Gasteiger charge is -2.37. The van der Waals surface area contributed by atoms with Crippen LogP contribution in [-0.4, -0.2) is 18.9 Å². The second kappa shape index (κ2) is 10.7. The molecule has 188 valence electrons. The summed E-state index contributed by atoms with van der Waals surface area (Å²) < 4.78 is 11.4. The Hall–Kier alpha value is -3.83. The number of esters is 1. The summed E-state index contributed by atoms with van der Waals surface area (Å²) in [4.78, 5) is 26.8. The number of hydrogen-bond acceptors (Lipinski definition) is 5. The predicted molar refractivity (Wildman–Crippen MR) is 143 cm³/mol. The summed E-state index contributed by atoms with van der Waals surface area (Å²) in [6.07, 6.45) is 0.997. The van der Waals surface area contributed by atoms with Crippen molar-refractivity contribution in [2.75, 3.05) is 7.11 Å². The van der Waals surface area contributed by atoms with Crippen molar-refractivity contribution in [3.63, 3.8) is 0 Å². The minimum atomic E-state index is -0.589. The largest absolute Gasteiger partial charge is 0.489 e. The first-order chi connectivity index (χ1) is 18.0. The second-order valence-electron chi connectivity index (χ2n) is 9.37. The first-order valence-corrected chi connectivity index (χ1v) is 12.7. The van der Waals surface area contributed by atoms with Gasteiger partial charge in [0.05, 0.1) is 18.6 Å². The number of nitrogens with one attached hydrogen (secondary N) is 1. The number of Topliss-reactive ketones (excluding diaryl/α,β-unsaturated/α-hetero) is 1. The van der Waals surface area contributed by atoms with E-state index in [0.717, 1.165) is 22.4 Å². The molecule has 0 fully saturated rings. The SMILES string of the molecule is COC(=O)C1=C(C)NC2=C(C(=O)C[C@H](c3ccc(Cl)cc3)C2)[C@H]1c1ccccc1OCc1ccccc1. The number of benzene rings is 3. The fraction of sp³-hybridized carbons (Fsp3) is 0.226. The third kappa shape index (κ3) is 5.05. The molecule has 3 aromatic rings. The molecule has 37 heavy (non-hydrogen) atoms. The van der Waals surface area contributed by atoms with Crippen molar-refractivity contribution in [3.8, 4) is 5.75 Å². The zero-order chi connectivity index (χ0) is 25.9. The van der Waals surface area contributed by atoms with E-state index in [4.69, 9.17) is 21.1 Å². The normalized spacial score (nSPS) is 19.3. The van der Waals surface area contributed by atoms with Gasteiger partial charge in [-0.2, -0.15) is 0 Å². The lowest BCUT2D eigenvalue weighted by atomic mass is 9.71. The maximum atomic E-state index is 13.8. The summed E-state index contributed by atoms with van der Waals surface area (Å²) in [5.74, 6) is -0.396. The molecule has 0 spiro atoms. The van der Waals surface area contributed by atoms with Gasteiger partial charge in [-0.25, -0.2) is 4.79 Å². The zero-order valence-electron chi connectivity index (χ0n) is 20.8. The number of dihydropyridines is 1. The van der Waals surface area contributed by atoms with E-state index in [-0.39, 0.29) is 11.7 Å². The van der Waals surface area contributed by atoms with Crippen molar-refractivity contribution in [3.05, 3.63) is 123 Å². The van der Waals surface area contributed by atoms with Crippen LogP contribution in [0.1, 0.15) is 48.3 Å². The van der Waals surface area contributed by atoms with E-state index in [1.807, 2.05) is 85.8 Å². The van der Waals surface area contributed by atoms with E-state index in [1.165, 1.54) is 7.11 Å². The minimum Gasteiger partial charge on any atom is -0.489 e. The average molecular weight is 514 g/mol. The van der Waals surface area contributed by atoms with Crippen LogP contribution in [0.3, 0.4) is 0 Å². The number of carbonyl (C=O) groups is 2. The van der Waals surface area contributed by atoms with Gasteiger partial charge in [-0.1, -0.05) is 72.3 Å². The summed E-state index contributed by atoms with van der Waals surface area (Å²) in [6, 6.07) is 25.1. The molecule has 0 amide bonds. The van der Waals surface area contributed by atoms with Gasteiger partial charge in [-0.15, -0.1) is 0 Å². The number of ether oxygens (including phenoxy) is 2. The third-order valence-electron chi connectivity index (χ3n) is 7.04. The summed E-state index contributed by atoms with van der Waals surface area (Å²) in [7, 11) is 1.36. The second-order valence-corrected chi connectivity index (χ2v) is 9.81. The molecular formula is C31H28ClNO4. The maximum Gasteiger partial charge on any atom is 0.336 e. The Balaban J connectivity index is 1.56. The Morgan fingerprint density at radius 1 is 0.973 bits per heavy atom. The molecule has 1 heterocycles. The van der Waals surface area contributed by atoms with Crippen LogP contribution in [0.5, 0.6) is 5.75 Å². The van der Waals surface area contributed by atoms with Gasteiger partial charge in [0.15, 0.2) is 5.78 Å². The molecule has 0 aromatic heterocycles. The van der Waals surface area contributed by atoms with Gasteiger partial charge >= 0.3 is 5.97 Å². The van der Waals surface area contributed by atoms with Gasteiger partial charge in [0.25, 0.3) is 0 Å². The number of methoxy groups -OCH3 is 1. The molecule has 5 rings (SSSR count). The van der Waals surface area contributed by atoms with Gasteiger partial charge < -0.3 is 14.8 Å². The maximum absolute atomic E-state index is 13.8. The van der Waals surface area contributed by atoms with Gasteiger partial charge in [0.2, 0.25) is 0 Å². The third-order valence-corrected chi connectivity index (χ3v) is 7.29. The molecule has 0 saturated carbocycles. The number of para-hydroxylation sites is 1. The number of allylic oxidation sites excluding steroid dienone is 3. The van der Waals surface area contributed by atoms with Crippen molar-refractivity contribution in [2.45, 2.75) is 38.2 Å². The number of carbonyl (C=O) groups excluding carboxylic acids is 2. The van der Waals surface area contributed by atoms with Crippen molar-refractivity contribution in [2.24, 2.45) is 0 Å². The Morgan fingerprint density at radius 3 is 2.41 bits per heavy atom. The van der Waals surface area contributed by atoms with E-state index in [9.17, 15) is 9.59 Å². The highest BCUT2D eigenvalue weighted by atomic mass is 35.5. The first-order valence-electron chi connectivity index (χ1n) is 12.3. The van der Waals surface area contributed by atoms with Gasteiger partial charge in [-0.3, -0.25) is 4.79 Å². The average Bonchev–Trinajstić information content (AvgIpc) is 2.92. The molecule has 0 radical (unpaired) electrons. The van der Waals surface area contributed by atoms with Crippen LogP contribution >= 0.6 is 11.6 Å². The molecule has 0 saturated heterocycles. The Bertz CT molecular complexity index is 1390. The summed E-state index contributed by atoms with van der Waals surface area (Å²) >= 11 is 6.08.